The smallest absolute Gasteiger partial charge is 0.123 e. The Hall–Kier alpha value is -1.67. The van der Waals surface area contributed by atoms with Gasteiger partial charge < -0.3 is 10.1 Å². The van der Waals surface area contributed by atoms with E-state index in [0.717, 1.165) is 41.4 Å². The molecule has 0 aliphatic carbocycles. The van der Waals surface area contributed by atoms with Gasteiger partial charge in [0, 0.05) is 10.7 Å². The van der Waals surface area contributed by atoms with Gasteiger partial charge >= 0.3 is 0 Å². The van der Waals surface area contributed by atoms with Crippen molar-refractivity contribution in [1.29, 1.82) is 0 Å². The Bertz CT molecular complexity index is 656. The molecule has 1 N–H and O–H groups in total. The van der Waals surface area contributed by atoms with E-state index in [0.29, 0.717) is 5.92 Å². The van der Waals surface area contributed by atoms with Gasteiger partial charge in [-0.2, -0.15) is 0 Å². The van der Waals surface area contributed by atoms with Crippen LogP contribution in [0.1, 0.15) is 50.7 Å². The average Bonchev–Trinajstić information content (AvgIpc) is 2.61. The Morgan fingerprint density at radius 2 is 1.83 bits per heavy atom. The summed E-state index contributed by atoms with van der Waals surface area (Å²) in [6.07, 6.45) is 2.17. The number of rotatable bonds is 8. The Labute approximate surface area is 151 Å². The van der Waals surface area contributed by atoms with Gasteiger partial charge in [-0.15, -0.1) is 0 Å². The maximum absolute atomic E-state index is 6.30. The standard InChI is InChI=1S/C21H28ClNO/c1-5-15(3)19-9-7-8-10-21(19)24-18(6-2)14-23-17-12-11-16(4)20(22)13-17/h7-13,15,18,23H,5-6,14H2,1-4H3. The highest BCUT2D eigenvalue weighted by atomic mass is 35.5. The monoisotopic (exact) mass is 345 g/mol. The van der Waals surface area contributed by atoms with Crippen molar-refractivity contribution in [2.75, 3.05) is 11.9 Å². The van der Waals surface area contributed by atoms with E-state index in [2.05, 4.69) is 50.4 Å². The highest BCUT2D eigenvalue weighted by Gasteiger charge is 2.14. The van der Waals surface area contributed by atoms with Gasteiger partial charge in [-0.3, -0.25) is 0 Å². The third kappa shape index (κ3) is 4.91. The van der Waals surface area contributed by atoms with Crippen LogP contribution in [0.5, 0.6) is 5.75 Å². The van der Waals surface area contributed by atoms with Crippen LogP contribution in [0.25, 0.3) is 0 Å². The van der Waals surface area contributed by atoms with Crippen LogP contribution >= 0.6 is 11.6 Å². The van der Waals surface area contributed by atoms with Crippen LogP contribution in [0, 0.1) is 6.92 Å². The summed E-state index contributed by atoms with van der Waals surface area (Å²) in [5.41, 5.74) is 3.41. The van der Waals surface area contributed by atoms with Crippen molar-refractivity contribution >= 4 is 17.3 Å². The predicted octanol–water partition coefficient (Wildman–Crippen LogP) is 6.43. The molecule has 2 aromatic carbocycles. The molecule has 130 valence electrons. The van der Waals surface area contributed by atoms with Crippen LogP contribution in [-0.4, -0.2) is 12.6 Å². The largest absolute Gasteiger partial charge is 0.488 e. The number of anilines is 1. The molecule has 0 saturated carbocycles. The SMILES string of the molecule is CCC(CNc1ccc(C)c(Cl)c1)Oc1ccccc1C(C)CC. The summed E-state index contributed by atoms with van der Waals surface area (Å²) < 4.78 is 6.30. The topological polar surface area (TPSA) is 21.3 Å². The van der Waals surface area contributed by atoms with Gasteiger partial charge in [0.1, 0.15) is 11.9 Å². The third-order valence-corrected chi connectivity index (χ3v) is 4.92. The lowest BCUT2D eigenvalue weighted by Gasteiger charge is -2.22. The van der Waals surface area contributed by atoms with E-state index < -0.39 is 0 Å². The van der Waals surface area contributed by atoms with Gasteiger partial charge in [0.2, 0.25) is 0 Å². The van der Waals surface area contributed by atoms with Crippen molar-refractivity contribution in [3.05, 3.63) is 58.6 Å². The number of nitrogens with one attached hydrogen (secondary N) is 1. The van der Waals surface area contributed by atoms with Gasteiger partial charge in [-0.1, -0.05) is 56.6 Å². The minimum absolute atomic E-state index is 0.121. The van der Waals surface area contributed by atoms with E-state index in [4.69, 9.17) is 16.3 Å². The quantitative estimate of drug-likeness (QED) is 0.595. The average molecular weight is 346 g/mol. The van der Waals surface area contributed by atoms with Crippen molar-refractivity contribution in [2.24, 2.45) is 0 Å². The number of ether oxygens (including phenoxy) is 1. The highest BCUT2D eigenvalue weighted by molar-refractivity contribution is 6.31. The van der Waals surface area contributed by atoms with Crippen molar-refractivity contribution in [3.8, 4) is 5.75 Å². The van der Waals surface area contributed by atoms with E-state index >= 15 is 0 Å². The molecule has 0 bridgehead atoms. The van der Waals surface area contributed by atoms with Gasteiger partial charge in [0.25, 0.3) is 0 Å². The fraction of sp³-hybridized carbons (Fsp3) is 0.429. The molecule has 24 heavy (non-hydrogen) atoms. The van der Waals surface area contributed by atoms with Crippen LogP contribution in [0.3, 0.4) is 0 Å². The predicted molar refractivity (Wildman–Crippen MR) is 105 cm³/mol. The molecule has 0 spiro atoms. The number of para-hydroxylation sites is 1. The second kappa shape index (κ2) is 8.98. The first-order valence-corrected chi connectivity index (χ1v) is 9.18. The molecule has 3 heteroatoms. The lowest BCUT2D eigenvalue weighted by atomic mass is 9.98. The second-order valence-corrected chi connectivity index (χ2v) is 6.75. The Morgan fingerprint density at radius 3 is 2.50 bits per heavy atom. The first kappa shape index (κ1) is 18.7. The van der Waals surface area contributed by atoms with Crippen LogP contribution in [0.2, 0.25) is 5.02 Å². The Kier molecular flexibility index (Phi) is 6.99. The number of halogens is 1. The zero-order valence-corrected chi connectivity index (χ0v) is 15.9. The molecule has 2 nitrogen and oxygen atoms in total. The van der Waals surface area contributed by atoms with Crippen molar-refractivity contribution in [3.63, 3.8) is 0 Å². The summed E-state index contributed by atoms with van der Waals surface area (Å²) in [6, 6.07) is 14.4. The molecule has 0 amide bonds. The second-order valence-electron chi connectivity index (χ2n) is 6.34. The number of aryl methyl sites for hydroxylation is 1. The summed E-state index contributed by atoms with van der Waals surface area (Å²) in [4.78, 5) is 0. The molecule has 2 atom stereocenters. The number of hydrogen-bond donors (Lipinski definition) is 1. The molecule has 0 saturated heterocycles. The highest BCUT2D eigenvalue weighted by Crippen LogP contribution is 2.29. The molecule has 0 aliphatic rings. The number of hydrogen-bond acceptors (Lipinski definition) is 2. The van der Waals surface area contributed by atoms with Gasteiger partial charge in [-0.25, -0.2) is 0 Å². The summed E-state index contributed by atoms with van der Waals surface area (Å²) in [7, 11) is 0. The molecule has 2 aromatic rings. The zero-order chi connectivity index (χ0) is 17.5. The molecule has 0 radical (unpaired) electrons. The lowest BCUT2D eigenvalue weighted by molar-refractivity contribution is 0.207. The van der Waals surface area contributed by atoms with E-state index in [1.807, 2.05) is 25.1 Å². The maximum Gasteiger partial charge on any atom is 0.123 e. The summed E-state index contributed by atoms with van der Waals surface area (Å²) >= 11 is 6.19. The lowest BCUT2D eigenvalue weighted by Crippen LogP contribution is -2.26. The summed E-state index contributed by atoms with van der Waals surface area (Å²) in [6.45, 7) is 9.37. The van der Waals surface area contributed by atoms with Crippen molar-refractivity contribution < 1.29 is 4.74 Å². The van der Waals surface area contributed by atoms with E-state index in [1.165, 1.54) is 5.56 Å². The normalized spacial score (nSPS) is 13.4. The van der Waals surface area contributed by atoms with Gasteiger partial charge in [0.15, 0.2) is 0 Å². The molecule has 0 aromatic heterocycles. The Morgan fingerprint density at radius 1 is 1.08 bits per heavy atom. The van der Waals surface area contributed by atoms with E-state index in [1.54, 1.807) is 0 Å². The maximum atomic E-state index is 6.30. The van der Waals surface area contributed by atoms with Crippen molar-refractivity contribution in [1.82, 2.24) is 0 Å². The van der Waals surface area contributed by atoms with Gasteiger partial charge in [0.05, 0.1) is 6.54 Å². The molecule has 0 fully saturated rings. The minimum Gasteiger partial charge on any atom is -0.488 e. The van der Waals surface area contributed by atoms with Gasteiger partial charge in [-0.05, 0) is 55.0 Å². The fourth-order valence-electron chi connectivity index (χ4n) is 2.60. The molecule has 2 rings (SSSR count). The van der Waals surface area contributed by atoms with E-state index in [9.17, 15) is 0 Å². The minimum atomic E-state index is 0.121. The van der Waals surface area contributed by atoms with Crippen LogP contribution in [-0.2, 0) is 0 Å². The van der Waals surface area contributed by atoms with Crippen molar-refractivity contribution in [2.45, 2.75) is 52.6 Å². The zero-order valence-electron chi connectivity index (χ0n) is 15.1. The van der Waals surface area contributed by atoms with Crippen LogP contribution < -0.4 is 10.1 Å². The van der Waals surface area contributed by atoms with E-state index in [-0.39, 0.29) is 6.10 Å². The van der Waals surface area contributed by atoms with Crippen LogP contribution in [0.15, 0.2) is 42.5 Å². The first-order chi connectivity index (χ1) is 11.5. The summed E-state index contributed by atoms with van der Waals surface area (Å²) in [5.74, 6) is 1.50. The molecular formula is C21H28ClNO. The first-order valence-electron chi connectivity index (χ1n) is 8.80. The fourth-order valence-corrected chi connectivity index (χ4v) is 2.78. The summed E-state index contributed by atoms with van der Waals surface area (Å²) in [5, 5.41) is 4.23. The molecule has 2 unspecified atom stereocenters. The van der Waals surface area contributed by atoms with Crippen LogP contribution in [0.4, 0.5) is 5.69 Å². The molecule has 0 aliphatic heterocycles. The Balaban J connectivity index is 2.03. The third-order valence-electron chi connectivity index (χ3n) is 4.52. The molecular weight excluding hydrogens is 318 g/mol. The number of benzene rings is 2. The molecule has 0 heterocycles.